The number of anilines is 1. The van der Waals surface area contributed by atoms with Gasteiger partial charge in [0, 0.05) is 12.6 Å². The predicted octanol–water partition coefficient (Wildman–Crippen LogP) is 2.16. The molecule has 0 aliphatic carbocycles. The van der Waals surface area contributed by atoms with Gasteiger partial charge >= 0.3 is 0 Å². The molecule has 1 aliphatic heterocycles. The molecule has 1 atom stereocenters. The summed E-state index contributed by atoms with van der Waals surface area (Å²) < 4.78 is 1.18. The standard InChI is InChI=1S/C12H16N4S/c1-8-6-17-11-10(8)14-7-15-12(11)16-9-3-2-4-13-5-9/h6-7,9,13H,2-5H2,1H3,(H,14,15,16). The summed E-state index contributed by atoms with van der Waals surface area (Å²) in [4.78, 5) is 8.71. The van der Waals surface area contributed by atoms with Crippen LogP contribution in [-0.4, -0.2) is 29.1 Å². The lowest BCUT2D eigenvalue weighted by Gasteiger charge is -2.24. The topological polar surface area (TPSA) is 49.8 Å². The van der Waals surface area contributed by atoms with Crippen LogP contribution in [0.25, 0.3) is 10.2 Å². The van der Waals surface area contributed by atoms with Crippen LogP contribution in [-0.2, 0) is 0 Å². The average Bonchev–Trinajstić information content (AvgIpc) is 2.74. The molecule has 0 bridgehead atoms. The Balaban J connectivity index is 1.89. The fourth-order valence-electron chi connectivity index (χ4n) is 2.24. The molecule has 2 N–H and O–H groups in total. The van der Waals surface area contributed by atoms with E-state index in [0.717, 1.165) is 24.4 Å². The van der Waals surface area contributed by atoms with Crippen molar-refractivity contribution in [3.63, 3.8) is 0 Å². The van der Waals surface area contributed by atoms with Gasteiger partial charge in [-0.1, -0.05) is 0 Å². The quantitative estimate of drug-likeness (QED) is 0.855. The van der Waals surface area contributed by atoms with Gasteiger partial charge in [-0.05, 0) is 37.3 Å². The second kappa shape index (κ2) is 4.58. The van der Waals surface area contributed by atoms with Gasteiger partial charge < -0.3 is 10.6 Å². The Labute approximate surface area is 104 Å². The number of hydrogen-bond donors (Lipinski definition) is 2. The Morgan fingerprint density at radius 1 is 1.47 bits per heavy atom. The molecule has 4 nitrogen and oxygen atoms in total. The average molecular weight is 248 g/mol. The number of hydrogen-bond acceptors (Lipinski definition) is 5. The molecule has 2 aromatic heterocycles. The fraction of sp³-hybridized carbons (Fsp3) is 0.500. The Kier molecular flexibility index (Phi) is 2.94. The molecular formula is C12H16N4S. The number of nitrogens with one attached hydrogen (secondary N) is 2. The number of nitrogens with zero attached hydrogens (tertiary/aromatic N) is 2. The third kappa shape index (κ3) is 2.12. The predicted molar refractivity (Wildman–Crippen MR) is 71.7 cm³/mol. The number of piperidine rings is 1. The Morgan fingerprint density at radius 2 is 2.41 bits per heavy atom. The van der Waals surface area contributed by atoms with Gasteiger partial charge in [-0.15, -0.1) is 11.3 Å². The van der Waals surface area contributed by atoms with E-state index in [1.807, 2.05) is 0 Å². The van der Waals surface area contributed by atoms with Crippen LogP contribution in [0.15, 0.2) is 11.7 Å². The van der Waals surface area contributed by atoms with E-state index in [1.54, 1.807) is 17.7 Å². The SMILES string of the molecule is Cc1csc2c(NC3CCCNC3)ncnc12. The van der Waals surface area contributed by atoms with Crippen molar-refractivity contribution in [3.05, 3.63) is 17.3 Å². The minimum Gasteiger partial charge on any atom is -0.365 e. The largest absolute Gasteiger partial charge is 0.365 e. The van der Waals surface area contributed by atoms with E-state index in [4.69, 9.17) is 0 Å². The molecule has 3 heterocycles. The van der Waals surface area contributed by atoms with Gasteiger partial charge in [-0.2, -0.15) is 0 Å². The second-order valence-electron chi connectivity index (χ2n) is 4.51. The van der Waals surface area contributed by atoms with Gasteiger partial charge in [0.25, 0.3) is 0 Å². The van der Waals surface area contributed by atoms with Gasteiger partial charge in [0.1, 0.15) is 12.1 Å². The van der Waals surface area contributed by atoms with E-state index < -0.39 is 0 Å². The summed E-state index contributed by atoms with van der Waals surface area (Å²) in [6.07, 6.45) is 4.10. The van der Waals surface area contributed by atoms with Crippen molar-refractivity contribution in [2.75, 3.05) is 18.4 Å². The summed E-state index contributed by atoms with van der Waals surface area (Å²) in [6.45, 7) is 4.25. The molecule has 1 unspecified atom stereocenters. The first-order valence-corrected chi connectivity index (χ1v) is 6.88. The van der Waals surface area contributed by atoms with Crippen LogP contribution < -0.4 is 10.6 Å². The van der Waals surface area contributed by atoms with E-state index in [1.165, 1.54) is 23.1 Å². The zero-order valence-corrected chi connectivity index (χ0v) is 10.7. The van der Waals surface area contributed by atoms with E-state index >= 15 is 0 Å². The fourth-order valence-corrected chi connectivity index (χ4v) is 3.20. The van der Waals surface area contributed by atoms with Crippen molar-refractivity contribution in [2.45, 2.75) is 25.8 Å². The maximum Gasteiger partial charge on any atom is 0.147 e. The van der Waals surface area contributed by atoms with Crippen molar-refractivity contribution in [1.82, 2.24) is 15.3 Å². The van der Waals surface area contributed by atoms with E-state index in [0.29, 0.717) is 6.04 Å². The first-order chi connectivity index (χ1) is 8.34. The normalized spacial score (nSPS) is 20.6. The van der Waals surface area contributed by atoms with Gasteiger partial charge in [0.05, 0.1) is 10.2 Å². The summed E-state index contributed by atoms with van der Waals surface area (Å²) in [5.74, 6) is 0.988. The summed E-state index contributed by atoms with van der Waals surface area (Å²) in [5.41, 5.74) is 2.31. The first-order valence-electron chi connectivity index (χ1n) is 6.00. The molecule has 0 saturated carbocycles. The maximum absolute atomic E-state index is 4.37. The van der Waals surface area contributed by atoms with Crippen LogP contribution in [0.1, 0.15) is 18.4 Å². The molecule has 0 spiro atoms. The number of aromatic nitrogens is 2. The Bertz CT molecular complexity index is 516. The van der Waals surface area contributed by atoms with Gasteiger partial charge in [-0.3, -0.25) is 0 Å². The highest BCUT2D eigenvalue weighted by Crippen LogP contribution is 2.29. The summed E-state index contributed by atoms with van der Waals surface area (Å²) >= 11 is 1.72. The number of rotatable bonds is 2. The van der Waals surface area contributed by atoms with E-state index in [2.05, 4.69) is 32.9 Å². The van der Waals surface area contributed by atoms with Gasteiger partial charge in [0.2, 0.25) is 0 Å². The molecule has 17 heavy (non-hydrogen) atoms. The third-order valence-electron chi connectivity index (χ3n) is 3.17. The molecule has 0 aromatic carbocycles. The molecule has 1 aliphatic rings. The van der Waals surface area contributed by atoms with Gasteiger partial charge in [0.15, 0.2) is 0 Å². The van der Waals surface area contributed by atoms with Crippen molar-refractivity contribution < 1.29 is 0 Å². The monoisotopic (exact) mass is 248 g/mol. The van der Waals surface area contributed by atoms with Gasteiger partial charge in [-0.25, -0.2) is 9.97 Å². The number of thiophene rings is 1. The highest BCUT2D eigenvalue weighted by molar-refractivity contribution is 7.18. The third-order valence-corrected chi connectivity index (χ3v) is 4.26. The van der Waals surface area contributed by atoms with Crippen molar-refractivity contribution in [2.24, 2.45) is 0 Å². The molecule has 1 fully saturated rings. The second-order valence-corrected chi connectivity index (χ2v) is 5.39. The smallest absolute Gasteiger partial charge is 0.147 e. The highest BCUT2D eigenvalue weighted by Gasteiger charge is 2.15. The minimum absolute atomic E-state index is 0.490. The van der Waals surface area contributed by atoms with E-state index in [9.17, 15) is 0 Å². The van der Waals surface area contributed by atoms with E-state index in [-0.39, 0.29) is 0 Å². The van der Waals surface area contributed by atoms with Crippen molar-refractivity contribution >= 4 is 27.4 Å². The van der Waals surface area contributed by atoms with Crippen LogP contribution in [0.4, 0.5) is 5.82 Å². The molecule has 0 amide bonds. The lowest BCUT2D eigenvalue weighted by molar-refractivity contribution is 0.479. The zero-order chi connectivity index (χ0) is 11.7. The zero-order valence-electron chi connectivity index (χ0n) is 9.86. The summed E-state index contributed by atoms with van der Waals surface area (Å²) in [5, 5.41) is 9.08. The van der Waals surface area contributed by atoms with Crippen molar-refractivity contribution in [3.8, 4) is 0 Å². The van der Waals surface area contributed by atoms with Crippen LogP contribution in [0.5, 0.6) is 0 Å². The molecule has 3 rings (SSSR count). The number of fused-ring (bicyclic) bond motifs is 1. The van der Waals surface area contributed by atoms with Crippen LogP contribution in [0.3, 0.4) is 0 Å². The highest BCUT2D eigenvalue weighted by atomic mass is 32.1. The van der Waals surface area contributed by atoms with Crippen LogP contribution in [0, 0.1) is 6.92 Å². The van der Waals surface area contributed by atoms with Crippen molar-refractivity contribution in [1.29, 1.82) is 0 Å². The molecule has 5 heteroatoms. The minimum atomic E-state index is 0.490. The lowest BCUT2D eigenvalue weighted by Crippen LogP contribution is -2.38. The number of aryl methyl sites for hydroxylation is 1. The molecule has 2 aromatic rings. The lowest BCUT2D eigenvalue weighted by atomic mass is 10.1. The Morgan fingerprint density at radius 3 is 3.24 bits per heavy atom. The molecule has 0 radical (unpaired) electrons. The van der Waals surface area contributed by atoms with Crippen LogP contribution in [0.2, 0.25) is 0 Å². The van der Waals surface area contributed by atoms with Crippen LogP contribution >= 0.6 is 11.3 Å². The molecule has 1 saturated heterocycles. The summed E-state index contributed by atoms with van der Waals surface area (Å²) in [7, 11) is 0. The maximum atomic E-state index is 4.37. The molecular weight excluding hydrogens is 232 g/mol. The summed E-state index contributed by atoms with van der Waals surface area (Å²) in [6, 6.07) is 0.490. The Hall–Kier alpha value is -1.20. The first kappa shape index (κ1) is 10.9. The molecule has 90 valence electrons.